The largest absolute Gasteiger partial charge is 0.573 e. The van der Waals surface area contributed by atoms with Crippen LogP contribution in [0, 0.1) is 0 Å². The number of nitrogens with one attached hydrogen (secondary N) is 1. The van der Waals surface area contributed by atoms with Crippen LogP contribution in [-0.4, -0.2) is 84.0 Å². The summed E-state index contributed by atoms with van der Waals surface area (Å²) in [7, 11) is -4.54. The van der Waals surface area contributed by atoms with Gasteiger partial charge in [-0.1, -0.05) is 0 Å². The van der Waals surface area contributed by atoms with Gasteiger partial charge in [-0.2, -0.15) is 13.2 Å². The standard InChI is InChI=1S/C25H24F6N6O5S/c26-24(27,28)3-8-43(40,41)35-23(39)21-1-2-22(34-33-21)37-6-4-36(5-7-37)15-16-9-17(18-11-19(38)14-32-13-18)12-20(10-16)42-25(29,30)31/h1-2,9-14,38H,3-8,15H2,(H,35,39). The van der Waals surface area contributed by atoms with E-state index in [-0.39, 0.29) is 12.3 Å². The Kier molecular flexibility index (Phi) is 9.29. The van der Waals surface area contributed by atoms with Crippen LogP contribution in [-0.2, 0) is 16.6 Å². The van der Waals surface area contributed by atoms with Gasteiger partial charge in [-0.25, -0.2) is 13.1 Å². The maximum absolute atomic E-state index is 13.0. The second-order valence-electron chi connectivity index (χ2n) is 9.50. The number of amides is 1. The number of ether oxygens (including phenoxy) is 1. The van der Waals surface area contributed by atoms with Crippen LogP contribution in [0.15, 0.2) is 48.8 Å². The van der Waals surface area contributed by atoms with E-state index in [0.717, 1.165) is 0 Å². The molecule has 0 bridgehead atoms. The zero-order chi connectivity index (χ0) is 31.4. The SMILES string of the molecule is O=C(NS(=O)(=O)CCC(F)(F)F)c1ccc(N2CCN(Cc3cc(OC(F)(F)F)cc(-c4cncc(O)c4)c3)CC2)nn1. The molecule has 1 aliphatic heterocycles. The van der Waals surface area contributed by atoms with E-state index in [9.17, 15) is 44.7 Å². The number of aromatic hydroxyl groups is 1. The first-order chi connectivity index (χ1) is 20.1. The van der Waals surface area contributed by atoms with Crippen LogP contribution in [0.5, 0.6) is 11.5 Å². The lowest BCUT2D eigenvalue weighted by molar-refractivity contribution is -0.274. The van der Waals surface area contributed by atoms with Crippen LogP contribution in [0.3, 0.4) is 0 Å². The van der Waals surface area contributed by atoms with Gasteiger partial charge in [0.1, 0.15) is 11.5 Å². The van der Waals surface area contributed by atoms with Crippen LogP contribution >= 0.6 is 0 Å². The second-order valence-corrected chi connectivity index (χ2v) is 11.3. The molecule has 1 saturated heterocycles. The lowest BCUT2D eigenvalue weighted by Crippen LogP contribution is -2.46. The zero-order valence-corrected chi connectivity index (χ0v) is 22.9. The van der Waals surface area contributed by atoms with Crippen molar-refractivity contribution in [2.24, 2.45) is 0 Å². The Labute approximate surface area is 241 Å². The molecule has 2 N–H and O–H groups in total. The molecule has 0 radical (unpaired) electrons. The first kappa shape index (κ1) is 31.7. The summed E-state index contributed by atoms with van der Waals surface area (Å²) in [6, 6.07) is 8.11. The average Bonchev–Trinajstić information content (AvgIpc) is 2.91. The maximum atomic E-state index is 13.0. The Hall–Kier alpha value is -4.19. The summed E-state index contributed by atoms with van der Waals surface area (Å²) in [4.78, 5) is 19.8. The third-order valence-corrected chi connectivity index (χ3v) is 7.38. The van der Waals surface area contributed by atoms with Crippen molar-refractivity contribution in [1.82, 2.24) is 24.8 Å². The molecule has 11 nitrogen and oxygen atoms in total. The number of alkyl halides is 6. The summed E-state index contributed by atoms with van der Waals surface area (Å²) in [6.45, 7) is 2.06. The van der Waals surface area contributed by atoms with E-state index < -0.39 is 52.1 Å². The molecule has 1 amide bonds. The molecule has 3 heterocycles. The molecule has 232 valence electrons. The van der Waals surface area contributed by atoms with Crippen LogP contribution in [0.25, 0.3) is 11.1 Å². The number of piperazine rings is 1. The molecule has 1 fully saturated rings. The van der Waals surface area contributed by atoms with E-state index >= 15 is 0 Å². The van der Waals surface area contributed by atoms with Crippen molar-refractivity contribution >= 4 is 21.7 Å². The van der Waals surface area contributed by atoms with E-state index in [4.69, 9.17) is 0 Å². The number of carbonyl (C=O) groups is 1. The molecule has 4 rings (SSSR count). The zero-order valence-electron chi connectivity index (χ0n) is 22.1. The van der Waals surface area contributed by atoms with Gasteiger partial charge in [0.2, 0.25) is 10.0 Å². The minimum atomic E-state index is -4.91. The van der Waals surface area contributed by atoms with E-state index in [1.165, 1.54) is 47.4 Å². The average molecular weight is 635 g/mol. The van der Waals surface area contributed by atoms with Crippen LogP contribution < -0.4 is 14.4 Å². The number of hydrogen-bond donors (Lipinski definition) is 2. The summed E-state index contributed by atoms with van der Waals surface area (Å²) >= 11 is 0. The Morgan fingerprint density at radius 1 is 0.953 bits per heavy atom. The summed E-state index contributed by atoms with van der Waals surface area (Å²) in [5.74, 6) is -2.75. The third kappa shape index (κ3) is 9.67. The molecule has 0 aliphatic carbocycles. The van der Waals surface area contributed by atoms with Gasteiger partial charge < -0.3 is 14.7 Å². The molecular weight excluding hydrogens is 610 g/mol. The number of pyridine rings is 1. The number of carbonyl (C=O) groups excluding carboxylic acids is 1. The van der Waals surface area contributed by atoms with Gasteiger partial charge in [-0.3, -0.25) is 14.7 Å². The molecule has 0 spiro atoms. The molecule has 3 aromatic rings. The molecule has 0 unspecified atom stereocenters. The number of rotatable bonds is 9. The van der Waals surface area contributed by atoms with Crippen LogP contribution in [0.1, 0.15) is 22.5 Å². The van der Waals surface area contributed by atoms with E-state index in [1.807, 2.05) is 9.80 Å². The lowest BCUT2D eigenvalue weighted by Gasteiger charge is -2.35. The summed E-state index contributed by atoms with van der Waals surface area (Å²) in [5, 5.41) is 17.3. The van der Waals surface area contributed by atoms with Crippen molar-refractivity contribution in [2.75, 3.05) is 36.8 Å². The van der Waals surface area contributed by atoms with E-state index in [1.54, 1.807) is 6.07 Å². The molecule has 1 aliphatic rings. The van der Waals surface area contributed by atoms with E-state index in [0.29, 0.717) is 48.7 Å². The highest BCUT2D eigenvalue weighted by Crippen LogP contribution is 2.31. The molecule has 0 atom stereocenters. The fourth-order valence-corrected chi connectivity index (χ4v) is 5.19. The van der Waals surface area contributed by atoms with Crippen molar-refractivity contribution in [2.45, 2.75) is 25.5 Å². The van der Waals surface area contributed by atoms with Gasteiger partial charge in [-0.05, 0) is 47.5 Å². The Morgan fingerprint density at radius 2 is 1.67 bits per heavy atom. The molecule has 1 aromatic carbocycles. The quantitative estimate of drug-likeness (QED) is 0.337. The normalized spacial score (nSPS) is 14.9. The number of anilines is 1. The summed E-state index contributed by atoms with van der Waals surface area (Å²) in [6.07, 6.45) is -8.63. The number of sulfonamides is 1. The van der Waals surface area contributed by atoms with Gasteiger partial charge >= 0.3 is 12.5 Å². The number of halogens is 6. The molecule has 0 saturated carbocycles. The smallest absolute Gasteiger partial charge is 0.506 e. The number of aromatic nitrogens is 3. The Balaban J connectivity index is 1.37. The number of hydrogen-bond acceptors (Lipinski definition) is 10. The van der Waals surface area contributed by atoms with Crippen molar-refractivity contribution in [3.8, 4) is 22.6 Å². The highest BCUT2D eigenvalue weighted by molar-refractivity contribution is 7.90. The highest BCUT2D eigenvalue weighted by atomic mass is 32.2. The third-order valence-electron chi connectivity index (χ3n) is 6.15. The fourth-order valence-electron chi connectivity index (χ4n) is 4.20. The Bertz CT molecular complexity index is 1550. The van der Waals surface area contributed by atoms with Gasteiger partial charge in [-0.15, -0.1) is 23.4 Å². The van der Waals surface area contributed by atoms with Crippen molar-refractivity contribution in [3.05, 3.63) is 60.0 Å². The number of benzene rings is 1. The van der Waals surface area contributed by atoms with Crippen molar-refractivity contribution in [3.63, 3.8) is 0 Å². The van der Waals surface area contributed by atoms with Gasteiger partial charge in [0, 0.05) is 44.5 Å². The Morgan fingerprint density at radius 3 is 2.28 bits per heavy atom. The molecule has 18 heteroatoms. The minimum Gasteiger partial charge on any atom is -0.506 e. The topological polar surface area (TPSA) is 138 Å². The minimum absolute atomic E-state index is 0.153. The number of nitrogens with zero attached hydrogens (tertiary/aromatic N) is 5. The maximum Gasteiger partial charge on any atom is 0.573 e. The first-order valence-electron chi connectivity index (χ1n) is 12.5. The van der Waals surface area contributed by atoms with Crippen molar-refractivity contribution in [1.29, 1.82) is 0 Å². The van der Waals surface area contributed by atoms with E-state index in [2.05, 4.69) is 19.9 Å². The molecule has 43 heavy (non-hydrogen) atoms. The fraction of sp³-hybridized carbons (Fsp3) is 0.360. The summed E-state index contributed by atoms with van der Waals surface area (Å²) < 4.78 is 105. The summed E-state index contributed by atoms with van der Waals surface area (Å²) in [5.41, 5.74) is 0.880. The van der Waals surface area contributed by atoms with Gasteiger partial charge in [0.05, 0.1) is 18.4 Å². The second kappa shape index (κ2) is 12.6. The van der Waals surface area contributed by atoms with Crippen molar-refractivity contribution < 1.29 is 49.4 Å². The van der Waals surface area contributed by atoms with Gasteiger partial charge in [0.25, 0.3) is 5.91 Å². The predicted octanol–water partition coefficient (Wildman–Crippen LogP) is 3.48. The predicted molar refractivity (Wildman–Crippen MR) is 139 cm³/mol. The van der Waals surface area contributed by atoms with Crippen LogP contribution in [0.2, 0.25) is 0 Å². The van der Waals surface area contributed by atoms with Gasteiger partial charge in [0.15, 0.2) is 11.5 Å². The highest BCUT2D eigenvalue weighted by Gasteiger charge is 2.32. The first-order valence-corrected chi connectivity index (χ1v) is 14.2. The molecular formula is C25H24F6N6O5S. The lowest BCUT2D eigenvalue weighted by atomic mass is 10.0. The monoisotopic (exact) mass is 634 g/mol. The molecule has 2 aromatic heterocycles. The van der Waals surface area contributed by atoms with Crippen LogP contribution in [0.4, 0.5) is 32.2 Å².